The van der Waals surface area contributed by atoms with Crippen molar-refractivity contribution in [3.63, 3.8) is 0 Å². The van der Waals surface area contributed by atoms with E-state index < -0.39 is 32.1 Å². The lowest BCUT2D eigenvalue weighted by molar-refractivity contribution is -0.118. The molecule has 2 aliphatic rings. The maximum absolute atomic E-state index is 11.4. The van der Waals surface area contributed by atoms with Crippen molar-refractivity contribution in [2.45, 2.75) is 50.9 Å². The van der Waals surface area contributed by atoms with E-state index in [-0.39, 0.29) is 24.6 Å². The molecule has 142 valence electrons. The van der Waals surface area contributed by atoms with Gasteiger partial charge in [-0.3, -0.25) is 9.36 Å². The summed E-state index contributed by atoms with van der Waals surface area (Å²) in [5.74, 6) is 0.0414. The molecule has 1 unspecified atom stereocenters. The van der Waals surface area contributed by atoms with Crippen molar-refractivity contribution in [1.29, 1.82) is 0 Å². The van der Waals surface area contributed by atoms with Gasteiger partial charge in [-0.2, -0.15) is 0 Å². The summed E-state index contributed by atoms with van der Waals surface area (Å²) < 4.78 is 28.7. The molecule has 1 saturated heterocycles. The van der Waals surface area contributed by atoms with Crippen LogP contribution in [0.1, 0.15) is 20.3 Å². The standard InChI is InChI=1S/C15H25N2O7P/c1-9(2)23-13-11(6-8-25(19,20)21)24-15(14(13)22-4)17-7-5-12(18)16-10(17)3/h5,7,9,11,13-15H,3,6,8H2,1-2,4H3,(H,16,18)(H2,19,20,21)/t11-,13?,14+,15-/m1/s1. The van der Waals surface area contributed by atoms with Crippen molar-refractivity contribution in [2.75, 3.05) is 13.3 Å². The van der Waals surface area contributed by atoms with Crippen LogP contribution in [0.4, 0.5) is 0 Å². The molecule has 0 saturated carbocycles. The molecule has 0 aromatic carbocycles. The monoisotopic (exact) mass is 376 g/mol. The van der Waals surface area contributed by atoms with Gasteiger partial charge in [0.05, 0.1) is 18.4 Å². The zero-order valence-electron chi connectivity index (χ0n) is 14.5. The van der Waals surface area contributed by atoms with Crippen molar-refractivity contribution in [3.05, 3.63) is 24.7 Å². The number of rotatable bonds is 7. The maximum Gasteiger partial charge on any atom is 0.325 e. The molecule has 2 rings (SSSR count). The largest absolute Gasteiger partial charge is 0.374 e. The maximum atomic E-state index is 11.4. The molecule has 0 aromatic heterocycles. The first-order valence-corrected chi connectivity index (χ1v) is 9.77. The van der Waals surface area contributed by atoms with Gasteiger partial charge in [0, 0.05) is 19.4 Å². The molecular formula is C15H25N2O7P. The van der Waals surface area contributed by atoms with Crippen LogP contribution in [0, 0.1) is 0 Å². The van der Waals surface area contributed by atoms with Crippen LogP contribution in [-0.4, -0.2) is 64.5 Å². The number of methoxy groups -OCH3 is 1. The molecule has 0 aliphatic carbocycles. The fraction of sp³-hybridized carbons (Fsp3) is 0.667. The quantitative estimate of drug-likeness (QED) is 0.550. The molecule has 0 aromatic rings. The predicted octanol–water partition coefficient (Wildman–Crippen LogP) is 0.504. The summed E-state index contributed by atoms with van der Waals surface area (Å²) >= 11 is 0. The van der Waals surface area contributed by atoms with E-state index in [2.05, 4.69) is 11.9 Å². The third-order valence-corrected chi connectivity index (χ3v) is 4.77. The number of carbonyl (C=O) groups excluding carboxylic acids is 1. The fourth-order valence-electron chi connectivity index (χ4n) is 2.91. The van der Waals surface area contributed by atoms with Crippen LogP contribution in [0.15, 0.2) is 24.7 Å². The minimum Gasteiger partial charge on any atom is -0.374 e. The van der Waals surface area contributed by atoms with Gasteiger partial charge < -0.3 is 34.2 Å². The molecule has 2 heterocycles. The minimum atomic E-state index is -4.16. The second-order valence-corrected chi connectivity index (χ2v) is 8.03. The molecule has 10 heteroatoms. The van der Waals surface area contributed by atoms with Gasteiger partial charge in [0.25, 0.3) is 5.91 Å². The van der Waals surface area contributed by atoms with Gasteiger partial charge >= 0.3 is 7.60 Å². The molecule has 0 spiro atoms. The van der Waals surface area contributed by atoms with Gasteiger partial charge in [-0.15, -0.1) is 0 Å². The molecule has 9 nitrogen and oxygen atoms in total. The summed E-state index contributed by atoms with van der Waals surface area (Å²) in [7, 11) is -2.65. The Morgan fingerprint density at radius 1 is 1.44 bits per heavy atom. The van der Waals surface area contributed by atoms with Gasteiger partial charge in [-0.05, 0) is 20.3 Å². The highest BCUT2D eigenvalue weighted by Crippen LogP contribution is 2.39. The van der Waals surface area contributed by atoms with Gasteiger partial charge in [0.1, 0.15) is 18.0 Å². The molecule has 4 atom stereocenters. The summed E-state index contributed by atoms with van der Waals surface area (Å²) in [6.45, 7) is 7.52. The van der Waals surface area contributed by atoms with E-state index >= 15 is 0 Å². The summed E-state index contributed by atoms with van der Waals surface area (Å²) in [5.41, 5.74) is 0. The zero-order valence-corrected chi connectivity index (χ0v) is 15.4. The Hall–Kier alpha value is -1.22. The van der Waals surface area contributed by atoms with E-state index in [1.807, 2.05) is 13.8 Å². The number of nitrogens with one attached hydrogen (secondary N) is 1. The summed E-state index contributed by atoms with van der Waals surface area (Å²) in [6.07, 6.45) is 0.314. The number of ether oxygens (including phenoxy) is 3. The van der Waals surface area contributed by atoms with E-state index in [0.29, 0.717) is 5.82 Å². The Morgan fingerprint density at radius 3 is 2.64 bits per heavy atom. The first-order valence-electron chi connectivity index (χ1n) is 7.97. The SMILES string of the molecule is C=C1NC(=O)C=CN1[C@@H]1O[C@H](CCP(=O)(O)O)C(OC(C)C)[C@@H]1OC. The van der Waals surface area contributed by atoms with E-state index in [1.165, 1.54) is 19.4 Å². The molecule has 0 radical (unpaired) electrons. The highest BCUT2D eigenvalue weighted by Gasteiger charge is 2.49. The fourth-order valence-corrected chi connectivity index (χ4v) is 3.50. The average Bonchev–Trinajstić information content (AvgIpc) is 2.81. The number of amides is 1. The average molecular weight is 376 g/mol. The van der Waals surface area contributed by atoms with Crippen LogP contribution < -0.4 is 5.32 Å². The molecule has 25 heavy (non-hydrogen) atoms. The van der Waals surface area contributed by atoms with Crippen LogP contribution in [0.25, 0.3) is 0 Å². The lowest BCUT2D eigenvalue weighted by atomic mass is 10.1. The van der Waals surface area contributed by atoms with Gasteiger partial charge in [-0.25, -0.2) is 0 Å². The van der Waals surface area contributed by atoms with E-state index in [4.69, 9.17) is 24.0 Å². The highest BCUT2D eigenvalue weighted by atomic mass is 31.2. The number of hydrogen-bond donors (Lipinski definition) is 3. The van der Waals surface area contributed by atoms with E-state index in [1.54, 1.807) is 4.90 Å². The van der Waals surface area contributed by atoms with Crippen molar-refractivity contribution in [2.24, 2.45) is 0 Å². The molecule has 1 fully saturated rings. The van der Waals surface area contributed by atoms with Crippen molar-refractivity contribution < 1.29 is 33.4 Å². The van der Waals surface area contributed by atoms with Crippen LogP contribution in [-0.2, 0) is 23.6 Å². The Kier molecular flexibility index (Phi) is 6.42. The second-order valence-electron chi connectivity index (χ2n) is 6.25. The predicted molar refractivity (Wildman–Crippen MR) is 89.3 cm³/mol. The molecule has 0 bridgehead atoms. The van der Waals surface area contributed by atoms with Gasteiger partial charge in [0.15, 0.2) is 6.23 Å². The summed E-state index contributed by atoms with van der Waals surface area (Å²) in [4.78, 5) is 31.3. The Bertz CT molecular complexity index is 588. The highest BCUT2D eigenvalue weighted by molar-refractivity contribution is 7.51. The lowest BCUT2D eigenvalue weighted by Crippen LogP contribution is -2.47. The molecule has 1 amide bonds. The number of nitrogens with zero attached hydrogens (tertiary/aromatic N) is 1. The van der Waals surface area contributed by atoms with Crippen LogP contribution >= 0.6 is 7.60 Å². The van der Waals surface area contributed by atoms with Crippen LogP contribution in [0.3, 0.4) is 0 Å². The Labute approximate surface area is 146 Å². The summed E-state index contributed by atoms with van der Waals surface area (Å²) in [5, 5.41) is 2.58. The Morgan fingerprint density at radius 2 is 2.12 bits per heavy atom. The topological polar surface area (TPSA) is 118 Å². The van der Waals surface area contributed by atoms with Gasteiger partial charge in [-0.1, -0.05) is 6.58 Å². The van der Waals surface area contributed by atoms with E-state index in [9.17, 15) is 9.36 Å². The molecular weight excluding hydrogens is 351 g/mol. The first-order chi connectivity index (χ1) is 11.6. The normalized spacial score (nSPS) is 30.2. The molecule has 2 aliphatic heterocycles. The van der Waals surface area contributed by atoms with Crippen LogP contribution in [0.2, 0.25) is 0 Å². The minimum absolute atomic E-state index is 0.119. The Balaban J connectivity index is 2.22. The lowest BCUT2D eigenvalue weighted by Gasteiger charge is -2.34. The molecule has 3 N–H and O–H groups in total. The first kappa shape index (κ1) is 20.1. The summed E-state index contributed by atoms with van der Waals surface area (Å²) in [6, 6.07) is 0. The van der Waals surface area contributed by atoms with Crippen molar-refractivity contribution in [3.8, 4) is 0 Å². The number of carbonyl (C=O) groups is 1. The van der Waals surface area contributed by atoms with Gasteiger partial charge in [0.2, 0.25) is 0 Å². The number of hydrogen-bond acceptors (Lipinski definition) is 6. The third kappa shape index (κ3) is 5.13. The smallest absolute Gasteiger partial charge is 0.325 e. The van der Waals surface area contributed by atoms with E-state index in [0.717, 1.165) is 0 Å². The zero-order chi connectivity index (χ0) is 18.8. The second kappa shape index (κ2) is 7.99. The van der Waals surface area contributed by atoms with Crippen LogP contribution in [0.5, 0.6) is 0 Å². The van der Waals surface area contributed by atoms with Crippen molar-refractivity contribution >= 4 is 13.5 Å². The third-order valence-electron chi connectivity index (χ3n) is 3.93. The van der Waals surface area contributed by atoms with Crippen molar-refractivity contribution in [1.82, 2.24) is 10.2 Å².